The molecule has 31 heavy (non-hydrogen) atoms. The van der Waals surface area contributed by atoms with Crippen molar-refractivity contribution in [3.05, 3.63) is 99.5 Å². The molecule has 2 amide bonds. The quantitative estimate of drug-likeness (QED) is 0.456. The lowest BCUT2D eigenvalue weighted by Gasteiger charge is -2.15. The zero-order valence-electron chi connectivity index (χ0n) is 17.2. The number of imide groups is 1. The third-order valence-corrected chi connectivity index (χ3v) is 6.34. The number of carbonyl (C=O) groups is 2. The first-order valence-electron chi connectivity index (χ1n) is 9.95. The minimum Gasteiger partial charge on any atom is -0.350 e. The predicted molar refractivity (Wildman–Crippen MR) is 127 cm³/mol. The maximum atomic E-state index is 13.4. The van der Waals surface area contributed by atoms with E-state index in [4.69, 9.17) is 11.6 Å². The second kappa shape index (κ2) is 9.00. The molecule has 0 radical (unpaired) electrons. The fraction of sp³-hybridized carbons (Fsp3) is 0.120. The summed E-state index contributed by atoms with van der Waals surface area (Å²) in [6, 6.07) is 22.4. The van der Waals surface area contributed by atoms with Crippen molar-refractivity contribution in [3.8, 4) is 0 Å². The Kier molecular flexibility index (Phi) is 6.16. The summed E-state index contributed by atoms with van der Waals surface area (Å²) in [5.74, 6) is -0.713. The van der Waals surface area contributed by atoms with Crippen LogP contribution in [0.15, 0.2) is 88.3 Å². The summed E-state index contributed by atoms with van der Waals surface area (Å²) >= 11 is 7.25. The van der Waals surface area contributed by atoms with Crippen molar-refractivity contribution in [3.63, 3.8) is 0 Å². The van der Waals surface area contributed by atoms with Gasteiger partial charge in [-0.25, -0.2) is 4.90 Å². The van der Waals surface area contributed by atoms with Gasteiger partial charge in [0, 0.05) is 15.6 Å². The molecule has 1 N–H and O–H groups in total. The fourth-order valence-corrected chi connectivity index (χ4v) is 4.28. The minimum absolute atomic E-state index is 0.272. The van der Waals surface area contributed by atoms with Crippen LogP contribution in [-0.4, -0.2) is 11.8 Å². The maximum Gasteiger partial charge on any atom is 0.283 e. The second-order valence-electron chi connectivity index (χ2n) is 7.22. The third kappa shape index (κ3) is 4.53. The SMILES string of the molecule is CCc1ccc(N2C(=O)C(Nc3ccc(C)cc3)=C(Sc3ccc(Cl)cc3)C2=O)cc1. The molecule has 0 saturated carbocycles. The Labute approximate surface area is 190 Å². The number of halogens is 1. The van der Waals surface area contributed by atoms with Crippen LogP contribution in [0.3, 0.4) is 0 Å². The molecule has 0 atom stereocenters. The molecule has 3 aromatic carbocycles. The van der Waals surface area contributed by atoms with Crippen molar-refractivity contribution in [2.45, 2.75) is 25.2 Å². The standard InChI is InChI=1S/C25H21ClN2O2S/c1-3-17-6-12-20(13-7-17)28-24(29)22(27-19-10-4-16(2)5-11-19)23(25(28)30)31-21-14-8-18(26)9-15-21/h4-15,27H,3H2,1-2H3. The van der Waals surface area contributed by atoms with Crippen LogP contribution in [-0.2, 0) is 16.0 Å². The van der Waals surface area contributed by atoms with E-state index < -0.39 is 0 Å². The number of nitrogens with zero attached hydrogens (tertiary/aromatic N) is 1. The van der Waals surface area contributed by atoms with Crippen molar-refractivity contribution >= 4 is 46.6 Å². The molecule has 0 unspecified atom stereocenters. The Bertz CT molecular complexity index is 1080. The summed E-state index contributed by atoms with van der Waals surface area (Å²) in [5, 5.41) is 3.79. The molecule has 3 aromatic rings. The monoisotopic (exact) mass is 448 g/mol. The van der Waals surface area contributed by atoms with E-state index in [9.17, 15) is 9.59 Å². The normalized spacial score (nSPS) is 13.8. The van der Waals surface area contributed by atoms with Crippen LogP contribution < -0.4 is 10.2 Å². The summed E-state index contributed by atoms with van der Waals surface area (Å²) in [6.45, 7) is 4.06. The van der Waals surface area contributed by atoms with Gasteiger partial charge >= 0.3 is 0 Å². The third-order valence-electron chi connectivity index (χ3n) is 5.00. The zero-order chi connectivity index (χ0) is 22.0. The van der Waals surface area contributed by atoms with E-state index in [0.717, 1.165) is 28.1 Å². The van der Waals surface area contributed by atoms with Crippen LogP contribution in [0.4, 0.5) is 11.4 Å². The highest BCUT2D eigenvalue weighted by atomic mass is 35.5. The van der Waals surface area contributed by atoms with E-state index in [0.29, 0.717) is 15.6 Å². The van der Waals surface area contributed by atoms with Crippen LogP contribution >= 0.6 is 23.4 Å². The van der Waals surface area contributed by atoms with Gasteiger partial charge in [-0.05, 0) is 67.4 Å². The number of benzene rings is 3. The van der Waals surface area contributed by atoms with E-state index >= 15 is 0 Å². The molecule has 1 heterocycles. The number of carbonyl (C=O) groups excluding carboxylic acids is 2. The van der Waals surface area contributed by atoms with E-state index in [1.165, 1.54) is 16.7 Å². The van der Waals surface area contributed by atoms with Gasteiger partial charge < -0.3 is 5.32 Å². The molecule has 0 fully saturated rings. The van der Waals surface area contributed by atoms with E-state index in [-0.39, 0.29) is 17.5 Å². The summed E-state index contributed by atoms with van der Waals surface area (Å²) in [7, 11) is 0. The molecule has 0 aromatic heterocycles. The van der Waals surface area contributed by atoms with Crippen LogP contribution in [0.2, 0.25) is 5.02 Å². The minimum atomic E-state index is -0.369. The Morgan fingerprint density at radius 3 is 2.13 bits per heavy atom. The average molecular weight is 449 g/mol. The molecule has 156 valence electrons. The molecule has 4 nitrogen and oxygen atoms in total. The molecular weight excluding hydrogens is 428 g/mol. The lowest BCUT2D eigenvalue weighted by atomic mass is 10.1. The maximum absolute atomic E-state index is 13.4. The van der Waals surface area contributed by atoms with Crippen molar-refractivity contribution in [1.82, 2.24) is 0 Å². The van der Waals surface area contributed by atoms with Gasteiger partial charge in [0.2, 0.25) is 0 Å². The summed E-state index contributed by atoms with van der Waals surface area (Å²) < 4.78 is 0. The highest BCUT2D eigenvalue weighted by Gasteiger charge is 2.40. The molecule has 0 aliphatic carbocycles. The lowest BCUT2D eigenvalue weighted by molar-refractivity contribution is -0.120. The average Bonchev–Trinajstić information content (AvgIpc) is 3.01. The van der Waals surface area contributed by atoms with Crippen LogP contribution in [0.25, 0.3) is 0 Å². The molecule has 0 spiro atoms. The number of thioether (sulfide) groups is 1. The smallest absolute Gasteiger partial charge is 0.283 e. The number of hydrogen-bond acceptors (Lipinski definition) is 4. The number of hydrogen-bond donors (Lipinski definition) is 1. The first-order chi connectivity index (χ1) is 15.0. The number of anilines is 2. The number of rotatable bonds is 6. The summed E-state index contributed by atoms with van der Waals surface area (Å²) in [5.41, 5.74) is 3.83. The zero-order valence-corrected chi connectivity index (χ0v) is 18.8. The molecular formula is C25H21ClN2O2S. The van der Waals surface area contributed by atoms with Crippen molar-refractivity contribution in [2.24, 2.45) is 0 Å². The lowest BCUT2D eigenvalue weighted by Crippen LogP contribution is -2.32. The predicted octanol–water partition coefficient (Wildman–Crippen LogP) is 6.20. The highest BCUT2D eigenvalue weighted by Crippen LogP contribution is 2.38. The van der Waals surface area contributed by atoms with Crippen LogP contribution in [0.5, 0.6) is 0 Å². The van der Waals surface area contributed by atoms with Crippen LogP contribution in [0.1, 0.15) is 18.1 Å². The topological polar surface area (TPSA) is 49.4 Å². The molecule has 1 aliphatic heterocycles. The van der Waals surface area contributed by atoms with Gasteiger partial charge in [0.15, 0.2) is 0 Å². The van der Waals surface area contributed by atoms with Crippen molar-refractivity contribution < 1.29 is 9.59 Å². The van der Waals surface area contributed by atoms with Gasteiger partial charge in [0.25, 0.3) is 11.8 Å². The Morgan fingerprint density at radius 1 is 0.871 bits per heavy atom. The molecule has 6 heteroatoms. The largest absolute Gasteiger partial charge is 0.350 e. The molecule has 1 aliphatic rings. The first kappa shape index (κ1) is 21.2. The number of amides is 2. The van der Waals surface area contributed by atoms with E-state index in [1.807, 2.05) is 67.6 Å². The molecule has 0 saturated heterocycles. The van der Waals surface area contributed by atoms with Crippen LogP contribution in [0, 0.1) is 6.92 Å². The summed E-state index contributed by atoms with van der Waals surface area (Å²) in [4.78, 5) is 29.1. The van der Waals surface area contributed by atoms with E-state index in [2.05, 4.69) is 12.2 Å². The van der Waals surface area contributed by atoms with Crippen molar-refractivity contribution in [2.75, 3.05) is 10.2 Å². The van der Waals surface area contributed by atoms with E-state index in [1.54, 1.807) is 12.1 Å². The van der Waals surface area contributed by atoms with Crippen molar-refractivity contribution in [1.29, 1.82) is 0 Å². The highest BCUT2D eigenvalue weighted by molar-refractivity contribution is 8.04. The van der Waals surface area contributed by atoms with Gasteiger partial charge in [-0.3, -0.25) is 9.59 Å². The van der Waals surface area contributed by atoms with Gasteiger partial charge in [0.1, 0.15) is 10.6 Å². The number of aryl methyl sites for hydroxylation is 2. The Balaban J connectivity index is 1.71. The van der Waals surface area contributed by atoms with Gasteiger partial charge in [0.05, 0.1) is 5.69 Å². The molecule has 4 rings (SSSR count). The molecule has 0 bridgehead atoms. The van der Waals surface area contributed by atoms with Gasteiger partial charge in [-0.1, -0.05) is 60.1 Å². The Morgan fingerprint density at radius 2 is 1.52 bits per heavy atom. The summed E-state index contributed by atoms with van der Waals surface area (Å²) in [6.07, 6.45) is 0.887. The second-order valence-corrected chi connectivity index (χ2v) is 8.74. The number of nitrogens with one attached hydrogen (secondary N) is 1. The Hall–Kier alpha value is -3.02. The van der Waals surface area contributed by atoms with Gasteiger partial charge in [-0.15, -0.1) is 0 Å². The first-order valence-corrected chi connectivity index (χ1v) is 11.1. The van der Waals surface area contributed by atoms with Gasteiger partial charge in [-0.2, -0.15) is 0 Å². The fourth-order valence-electron chi connectivity index (χ4n) is 3.23.